The largest absolute Gasteiger partial charge is 0.490 e. The minimum atomic E-state index is -5.08. The molecule has 2 atom stereocenters. The summed E-state index contributed by atoms with van der Waals surface area (Å²) < 4.78 is 97.3. The Morgan fingerprint density at radius 3 is 1.85 bits per heavy atom. The van der Waals surface area contributed by atoms with Crippen molar-refractivity contribution in [3.63, 3.8) is 0 Å². The van der Waals surface area contributed by atoms with Crippen molar-refractivity contribution in [2.24, 2.45) is 5.41 Å². The first-order valence-corrected chi connectivity index (χ1v) is 16.1. The van der Waals surface area contributed by atoms with Gasteiger partial charge in [-0.1, -0.05) is 6.07 Å². The van der Waals surface area contributed by atoms with E-state index in [0.717, 1.165) is 44.6 Å². The number of hydrogen-bond donors (Lipinski definition) is 3. The lowest BCUT2D eigenvalue weighted by molar-refractivity contribution is -0.193. The number of likely N-dealkylation sites (tertiary alicyclic amines) is 2. The van der Waals surface area contributed by atoms with E-state index in [-0.39, 0.29) is 12.0 Å². The number of alkyl halides is 9. The van der Waals surface area contributed by atoms with Gasteiger partial charge >= 0.3 is 36.4 Å². The van der Waals surface area contributed by atoms with E-state index in [2.05, 4.69) is 62.0 Å². The second kappa shape index (κ2) is 18.3. The quantitative estimate of drug-likeness (QED) is 0.244. The van der Waals surface area contributed by atoms with Crippen LogP contribution in [0.15, 0.2) is 54.3 Å². The smallest absolute Gasteiger partial charge is 0.475 e. The predicted molar refractivity (Wildman–Crippen MR) is 167 cm³/mol. The molecule has 0 bridgehead atoms. The van der Waals surface area contributed by atoms with E-state index in [0.29, 0.717) is 12.5 Å². The summed E-state index contributed by atoms with van der Waals surface area (Å²) in [6.07, 6.45) is -7.76. The highest BCUT2D eigenvalue weighted by Crippen LogP contribution is 2.50. The fourth-order valence-electron chi connectivity index (χ4n) is 5.60. The van der Waals surface area contributed by atoms with Crippen molar-refractivity contribution in [3.8, 4) is 0 Å². The van der Waals surface area contributed by atoms with Gasteiger partial charge in [0, 0.05) is 73.8 Å². The summed E-state index contributed by atoms with van der Waals surface area (Å²) in [6, 6.07) is 10.7. The van der Waals surface area contributed by atoms with Gasteiger partial charge < -0.3 is 20.2 Å². The van der Waals surface area contributed by atoms with Crippen LogP contribution in [0.1, 0.15) is 54.8 Å². The number of halogens is 9. The van der Waals surface area contributed by atoms with Gasteiger partial charge in [0.1, 0.15) is 0 Å². The number of carboxylic acids is 3. The maximum atomic E-state index is 14.1. The van der Waals surface area contributed by atoms with Crippen molar-refractivity contribution in [2.75, 3.05) is 19.6 Å². The molecular weight excluding hydrogens is 757 g/mol. The second-order valence-corrected chi connectivity index (χ2v) is 12.9. The van der Waals surface area contributed by atoms with Gasteiger partial charge in [0.05, 0.1) is 5.41 Å². The Balaban J connectivity index is 0.000000379. The molecule has 0 aliphatic carbocycles. The van der Waals surface area contributed by atoms with E-state index >= 15 is 0 Å². The molecule has 12 nitrogen and oxygen atoms in total. The topological polar surface area (TPSA) is 166 Å². The maximum absolute atomic E-state index is 14.1. The number of amides is 1. The van der Waals surface area contributed by atoms with Gasteiger partial charge in [-0.05, 0) is 61.9 Å². The lowest BCUT2D eigenvalue weighted by atomic mass is 9.70. The minimum Gasteiger partial charge on any atom is -0.475 e. The zero-order valence-corrected chi connectivity index (χ0v) is 28.6. The molecule has 3 N–H and O–H groups in total. The van der Waals surface area contributed by atoms with Crippen LogP contribution in [-0.2, 0) is 32.3 Å². The molecule has 294 valence electrons. The van der Waals surface area contributed by atoms with Crippen LogP contribution in [0.5, 0.6) is 0 Å². The molecule has 1 spiro atoms. The maximum Gasteiger partial charge on any atom is 0.490 e. The first-order valence-electron chi connectivity index (χ1n) is 15.3. The van der Waals surface area contributed by atoms with Crippen molar-refractivity contribution in [3.05, 3.63) is 70.4 Å². The van der Waals surface area contributed by atoms with Gasteiger partial charge in [-0.15, -0.1) is 11.3 Å². The number of aromatic nitrogens is 3. The monoisotopic (exact) mass is 791 g/mol. The third-order valence-corrected chi connectivity index (χ3v) is 8.60. The lowest BCUT2D eigenvalue weighted by Crippen LogP contribution is -2.52. The Hall–Kier alpha value is -4.73. The molecule has 0 radical (unpaired) electrons. The van der Waals surface area contributed by atoms with E-state index in [4.69, 9.17) is 29.7 Å². The van der Waals surface area contributed by atoms with Crippen LogP contribution < -0.4 is 0 Å². The number of piperidine rings is 1. The number of carboxylic acid groups (broad SMARTS) is 3. The lowest BCUT2D eigenvalue weighted by Gasteiger charge is -2.42. The van der Waals surface area contributed by atoms with Gasteiger partial charge in [-0.3, -0.25) is 19.4 Å². The van der Waals surface area contributed by atoms with Crippen molar-refractivity contribution in [1.29, 1.82) is 0 Å². The van der Waals surface area contributed by atoms with Gasteiger partial charge in [0.2, 0.25) is 5.91 Å². The summed E-state index contributed by atoms with van der Waals surface area (Å²) in [5.74, 6) is -7.82. The van der Waals surface area contributed by atoms with Gasteiger partial charge in [-0.25, -0.2) is 14.4 Å². The van der Waals surface area contributed by atoms with Crippen LogP contribution >= 0.6 is 11.3 Å². The van der Waals surface area contributed by atoms with Crippen LogP contribution in [0.2, 0.25) is 0 Å². The highest BCUT2D eigenvalue weighted by atomic mass is 32.1. The Morgan fingerprint density at radius 2 is 1.40 bits per heavy atom. The number of nitrogens with zero attached hydrogens (tertiary/aromatic N) is 5. The highest BCUT2D eigenvalue weighted by molar-refractivity contribution is 7.09. The summed E-state index contributed by atoms with van der Waals surface area (Å²) in [5.41, 5.74) is 1.95. The summed E-state index contributed by atoms with van der Waals surface area (Å²) in [5, 5.41) is 28.1. The molecule has 3 aromatic rings. The van der Waals surface area contributed by atoms with Crippen LogP contribution in [0.3, 0.4) is 0 Å². The average molecular weight is 792 g/mol. The highest BCUT2D eigenvalue weighted by Gasteiger charge is 2.56. The Morgan fingerprint density at radius 1 is 0.868 bits per heavy atom. The standard InChI is InChI=1S/C25H31N5OS.3C2HF3O2/c1-19(2)30-23(8-12-27-30)22-17-28(16-21-5-3-14-32-21)18-25(22)9-4-13-29(24(25)31)15-20-6-10-26-11-7-20;3*3-2(4,5)1(6)7/h3,5-8,10-12,14,19,22H,4,9,13,15-18H2,1-2H3;3*(H,6,7)/t22-,25+;;;/m0.../s1. The average Bonchev–Trinajstić information content (AvgIpc) is 3.81. The number of aliphatic carboxylic acids is 3. The normalized spacial score (nSPS) is 19.1. The van der Waals surface area contributed by atoms with E-state index in [1.165, 1.54) is 10.6 Å². The number of rotatable bonds is 6. The summed E-state index contributed by atoms with van der Waals surface area (Å²) in [7, 11) is 0. The van der Waals surface area contributed by atoms with Gasteiger partial charge in [-0.2, -0.15) is 44.6 Å². The molecule has 0 unspecified atom stereocenters. The van der Waals surface area contributed by atoms with Crippen molar-refractivity contribution < 1.29 is 74.0 Å². The number of carbonyl (C=O) groups excluding carboxylic acids is 1. The van der Waals surface area contributed by atoms with Crippen LogP contribution in [0, 0.1) is 5.41 Å². The van der Waals surface area contributed by atoms with Crippen molar-refractivity contribution >= 4 is 35.2 Å². The second-order valence-electron chi connectivity index (χ2n) is 11.8. The summed E-state index contributed by atoms with van der Waals surface area (Å²) >= 11 is 1.79. The Bertz CT molecular complexity index is 1590. The Labute approximate surface area is 299 Å². The minimum absolute atomic E-state index is 0.153. The first kappa shape index (κ1) is 44.4. The fraction of sp³-hybridized carbons (Fsp3) is 0.484. The Kier molecular flexibility index (Phi) is 15.4. The van der Waals surface area contributed by atoms with Crippen LogP contribution in [0.4, 0.5) is 39.5 Å². The SMILES string of the molecule is CC(C)n1nccc1[C@@H]1CN(Cc2cccs2)C[C@]12CCCN(Cc1ccncc1)C2=O.O=C(O)C(F)(F)F.O=C(O)C(F)(F)F.O=C(O)C(F)(F)F. The van der Waals surface area contributed by atoms with Crippen LogP contribution in [0.25, 0.3) is 0 Å². The fourth-order valence-corrected chi connectivity index (χ4v) is 6.34. The third kappa shape index (κ3) is 13.0. The molecule has 2 saturated heterocycles. The molecule has 2 aliphatic heterocycles. The van der Waals surface area contributed by atoms with Gasteiger partial charge in [0.15, 0.2) is 0 Å². The molecule has 1 amide bonds. The third-order valence-electron chi connectivity index (χ3n) is 7.73. The zero-order chi connectivity index (χ0) is 40.4. The molecular formula is C31H34F9N5O7S. The van der Waals surface area contributed by atoms with E-state index in [1.54, 1.807) is 11.3 Å². The molecule has 2 fully saturated rings. The molecule has 3 aromatic heterocycles. The predicted octanol–water partition coefficient (Wildman–Crippen LogP) is 6.23. The molecule has 2 aliphatic rings. The zero-order valence-electron chi connectivity index (χ0n) is 27.8. The molecule has 0 saturated carbocycles. The molecule has 22 heteroatoms. The number of carbonyl (C=O) groups is 4. The summed E-state index contributed by atoms with van der Waals surface area (Å²) in [6.45, 7) is 8.42. The van der Waals surface area contributed by atoms with Crippen molar-refractivity contribution in [2.45, 2.75) is 70.3 Å². The van der Waals surface area contributed by atoms with Gasteiger partial charge in [0.25, 0.3) is 0 Å². The first-order chi connectivity index (χ1) is 24.4. The summed E-state index contributed by atoms with van der Waals surface area (Å²) in [4.78, 5) is 50.9. The molecule has 5 rings (SSSR count). The molecule has 53 heavy (non-hydrogen) atoms. The molecule has 5 heterocycles. The number of hydrogen-bond acceptors (Lipinski definition) is 8. The van der Waals surface area contributed by atoms with E-state index in [9.17, 15) is 44.3 Å². The number of pyridine rings is 1. The number of thiophene rings is 1. The van der Waals surface area contributed by atoms with Crippen molar-refractivity contribution in [1.82, 2.24) is 24.6 Å². The molecule has 0 aromatic carbocycles. The van der Waals surface area contributed by atoms with Crippen LogP contribution in [-0.4, -0.2) is 102 Å². The van der Waals surface area contributed by atoms with E-state index in [1.807, 2.05) is 30.7 Å². The van der Waals surface area contributed by atoms with E-state index < -0.39 is 41.9 Å².